The molecule has 0 saturated heterocycles. The van der Waals surface area contributed by atoms with Gasteiger partial charge in [-0.05, 0) is 128 Å². The van der Waals surface area contributed by atoms with Gasteiger partial charge in [-0.15, -0.1) is 0 Å². The summed E-state index contributed by atoms with van der Waals surface area (Å²) < 4.78 is 16.9. The first-order valence-corrected chi connectivity index (χ1v) is 34.3. The molecular formula is C77H126O6. The molecule has 0 aliphatic heterocycles. The molecule has 0 aliphatic rings. The maximum absolute atomic E-state index is 12.9. The molecule has 0 spiro atoms. The van der Waals surface area contributed by atoms with Gasteiger partial charge < -0.3 is 14.2 Å². The zero-order chi connectivity index (χ0) is 59.9. The second kappa shape index (κ2) is 69.8. The summed E-state index contributed by atoms with van der Waals surface area (Å²) >= 11 is 0. The van der Waals surface area contributed by atoms with Crippen LogP contribution < -0.4 is 0 Å². The first kappa shape index (κ1) is 78.3. The van der Waals surface area contributed by atoms with E-state index in [1.165, 1.54) is 128 Å². The molecule has 0 N–H and O–H groups in total. The van der Waals surface area contributed by atoms with E-state index in [0.29, 0.717) is 19.3 Å². The Hall–Kier alpha value is -4.71. The van der Waals surface area contributed by atoms with Crippen LogP contribution >= 0.6 is 0 Å². The highest BCUT2D eigenvalue weighted by molar-refractivity contribution is 5.71. The molecule has 83 heavy (non-hydrogen) atoms. The van der Waals surface area contributed by atoms with Gasteiger partial charge >= 0.3 is 17.9 Å². The van der Waals surface area contributed by atoms with E-state index in [4.69, 9.17) is 14.2 Å². The van der Waals surface area contributed by atoms with Gasteiger partial charge in [-0.3, -0.25) is 14.4 Å². The average molecular weight is 1150 g/mol. The molecule has 1 atom stereocenters. The van der Waals surface area contributed by atoms with E-state index in [9.17, 15) is 14.4 Å². The normalized spacial score (nSPS) is 13.0. The molecule has 0 heterocycles. The highest BCUT2D eigenvalue weighted by Gasteiger charge is 2.19. The van der Waals surface area contributed by atoms with Crippen molar-refractivity contribution in [3.63, 3.8) is 0 Å². The van der Waals surface area contributed by atoms with Gasteiger partial charge in [0.25, 0.3) is 0 Å². The van der Waals surface area contributed by atoms with E-state index in [1.54, 1.807) is 0 Å². The lowest BCUT2D eigenvalue weighted by Crippen LogP contribution is -2.30. The Morgan fingerprint density at radius 2 is 0.446 bits per heavy atom. The minimum absolute atomic E-state index is 0.106. The van der Waals surface area contributed by atoms with Crippen molar-refractivity contribution in [3.8, 4) is 0 Å². The van der Waals surface area contributed by atoms with Crippen molar-refractivity contribution in [2.24, 2.45) is 0 Å². The first-order valence-electron chi connectivity index (χ1n) is 34.3. The van der Waals surface area contributed by atoms with Crippen molar-refractivity contribution in [1.82, 2.24) is 0 Å². The van der Waals surface area contributed by atoms with Crippen LogP contribution in [0.1, 0.15) is 303 Å². The molecule has 0 aromatic carbocycles. The number of rotatable bonds is 61. The van der Waals surface area contributed by atoms with Crippen LogP contribution in [0, 0.1) is 0 Å². The summed E-state index contributed by atoms with van der Waals surface area (Å²) in [6.45, 7) is 6.27. The Bertz CT molecular complexity index is 1800. The topological polar surface area (TPSA) is 78.9 Å². The number of hydrogen-bond acceptors (Lipinski definition) is 6. The van der Waals surface area contributed by atoms with Gasteiger partial charge in [0.2, 0.25) is 0 Å². The van der Waals surface area contributed by atoms with Gasteiger partial charge in [0.05, 0.1) is 0 Å². The monoisotopic (exact) mass is 1150 g/mol. The number of ether oxygens (including phenoxy) is 3. The van der Waals surface area contributed by atoms with E-state index in [-0.39, 0.29) is 37.5 Å². The Morgan fingerprint density at radius 1 is 0.241 bits per heavy atom. The third kappa shape index (κ3) is 68.0. The maximum atomic E-state index is 12.9. The van der Waals surface area contributed by atoms with Crippen LogP contribution in [0.25, 0.3) is 0 Å². The SMILES string of the molecule is CC/C=C\C/C=C\C/C=C\C/C=C\C/C=C\CCCC(=O)OC(COC(=O)CCCCCCCCC/C=C\C/C=C\C/C=C\CC)COC(=O)CCCCCCCCCCCCCCCCCCCC/C=C\C/C=C\C/C=C\C/C=C\CC. The molecule has 6 nitrogen and oxygen atoms in total. The van der Waals surface area contributed by atoms with Crippen molar-refractivity contribution >= 4 is 17.9 Å². The molecule has 0 saturated carbocycles. The Labute approximate surface area is 512 Å². The predicted molar refractivity (Wildman–Crippen MR) is 362 cm³/mol. The van der Waals surface area contributed by atoms with Crippen LogP contribution in [0.2, 0.25) is 0 Å². The van der Waals surface area contributed by atoms with Gasteiger partial charge in [0.15, 0.2) is 6.10 Å². The summed E-state index contributed by atoms with van der Waals surface area (Å²) in [5.74, 6) is -0.970. The van der Waals surface area contributed by atoms with Crippen LogP contribution in [-0.4, -0.2) is 37.2 Å². The molecule has 470 valence electrons. The Kier molecular flexibility index (Phi) is 65.8. The molecule has 0 bridgehead atoms. The van der Waals surface area contributed by atoms with E-state index in [1.807, 2.05) is 0 Å². The molecule has 6 heteroatoms. The standard InChI is InChI=1S/C77H126O6/c1-4-7-10-13-16-19-22-25-28-31-32-33-34-35-36-37-38-39-40-41-42-43-44-47-49-52-55-58-61-64-67-70-76(79)82-73-74(83-77(80)71-68-65-62-59-56-53-50-46-30-27-24-21-18-15-12-9-6-3)72-81-75(78)69-66-63-60-57-54-51-48-45-29-26-23-20-17-14-11-8-5-2/h7-12,16-21,25-30,32-33,50,53,59,62,74H,4-6,13-15,22-24,31,34-49,51-52,54-58,60-61,63-73H2,1-3H3/b10-7-,11-8-,12-9-,19-16-,20-17-,21-18-,28-25-,29-26-,30-27-,33-32-,53-50-,62-59-. The summed E-state index contributed by atoms with van der Waals surface area (Å²) in [7, 11) is 0. The molecule has 0 radical (unpaired) electrons. The van der Waals surface area contributed by atoms with Crippen molar-refractivity contribution in [3.05, 3.63) is 146 Å². The van der Waals surface area contributed by atoms with Gasteiger partial charge in [0.1, 0.15) is 13.2 Å². The molecule has 0 aromatic heterocycles. The molecule has 0 fully saturated rings. The second-order valence-electron chi connectivity index (χ2n) is 22.3. The van der Waals surface area contributed by atoms with Crippen LogP contribution in [0.4, 0.5) is 0 Å². The first-order chi connectivity index (χ1) is 41.0. The lowest BCUT2D eigenvalue weighted by Gasteiger charge is -2.18. The largest absolute Gasteiger partial charge is 0.462 e. The minimum atomic E-state index is -0.818. The third-order valence-electron chi connectivity index (χ3n) is 14.3. The Balaban J connectivity index is 4.32. The number of carbonyl (C=O) groups excluding carboxylic acids is 3. The quantitative estimate of drug-likeness (QED) is 0.0261. The van der Waals surface area contributed by atoms with Crippen molar-refractivity contribution in [2.45, 2.75) is 309 Å². The molecule has 0 aliphatic carbocycles. The van der Waals surface area contributed by atoms with Gasteiger partial charge in [-0.2, -0.15) is 0 Å². The third-order valence-corrected chi connectivity index (χ3v) is 14.3. The van der Waals surface area contributed by atoms with Crippen LogP contribution in [0.15, 0.2) is 146 Å². The fourth-order valence-corrected chi connectivity index (χ4v) is 9.31. The zero-order valence-corrected chi connectivity index (χ0v) is 53.9. The highest BCUT2D eigenvalue weighted by atomic mass is 16.6. The number of allylic oxidation sites excluding steroid dienone is 24. The predicted octanol–water partition coefficient (Wildman–Crippen LogP) is 23.9. The van der Waals surface area contributed by atoms with Crippen molar-refractivity contribution in [2.75, 3.05) is 13.2 Å². The number of unbranched alkanes of at least 4 members (excludes halogenated alkanes) is 26. The molecule has 1 unspecified atom stereocenters. The van der Waals surface area contributed by atoms with Crippen molar-refractivity contribution in [1.29, 1.82) is 0 Å². The fourth-order valence-electron chi connectivity index (χ4n) is 9.31. The van der Waals surface area contributed by atoms with Crippen LogP contribution in [0.5, 0.6) is 0 Å². The number of carbonyl (C=O) groups is 3. The van der Waals surface area contributed by atoms with Gasteiger partial charge in [0, 0.05) is 19.3 Å². The van der Waals surface area contributed by atoms with E-state index in [2.05, 4.69) is 167 Å². The zero-order valence-electron chi connectivity index (χ0n) is 53.9. The summed E-state index contributed by atoms with van der Waals surface area (Å²) in [6, 6.07) is 0. The smallest absolute Gasteiger partial charge is 0.306 e. The van der Waals surface area contributed by atoms with Crippen LogP contribution in [-0.2, 0) is 28.6 Å². The summed E-state index contributed by atoms with van der Waals surface area (Å²) in [5.41, 5.74) is 0. The molecule has 0 aromatic rings. The van der Waals surface area contributed by atoms with E-state index < -0.39 is 6.10 Å². The van der Waals surface area contributed by atoms with E-state index in [0.717, 1.165) is 128 Å². The molecule has 0 amide bonds. The van der Waals surface area contributed by atoms with Crippen molar-refractivity contribution < 1.29 is 28.6 Å². The highest BCUT2D eigenvalue weighted by Crippen LogP contribution is 2.17. The molecular weight excluding hydrogens is 1020 g/mol. The molecule has 0 rings (SSSR count). The fraction of sp³-hybridized carbons (Fsp3) is 0.649. The van der Waals surface area contributed by atoms with Gasteiger partial charge in [-0.1, -0.05) is 301 Å². The van der Waals surface area contributed by atoms with Gasteiger partial charge in [-0.25, -0.2) is 0 Å². The lowest BCUT2D eigenvalue weighted by atomic mass is 10.0. The second-order valence-corrected chi connectivity index (χ2v) is 22.3. The maximum Gasteiger partial charge on any atom is 0.306 e. The lowest BCUT2D eigenvalue weighted by molar-refractivity contribution is -0.167. The van der Waals surface area contributed by atoms with E-state index >= 15 is 0 Å². The number of esters is 3. The Morgan fingerprint density at radius 3 is 0.711 bits per heavy atom. The minimum Gasteiger partial charge on any atom is -0.462 e. The summed E-state index contributed by atoms with van der Waals surface area (Å²) in [6.07, 6.45) is 100. The summed E-state index contributed by atoms with van der Waals surface area (Å²) in [4.78, 5) is 38.4. The average Bonchev–Trinajstić information content (AvgIpc) is 3.50. The summed E-state index contributed by atoms with van der Waals surface area (Å²) in [5, 5.41) is 0. The number of hydrogen-bond donors (Lipinski definition) is 0. The van der Waals surface area contributed by atoms with Crippen LogP contribution in [0.3, 0.4) is 0 Å².